The Balaban J connectivity index is 1.72. The number of thiophene rings is 1. The fourth-order valence-electron chi connectivity index (χ4n) is 4.08. The fraction of sp³-hybridized carbons (Fsp3) is 0.458. The van der Waals surface area contributed by atoms with E-state index < -0.39 is 0 Å². The molecule has 1 aliphatic rings. The summed E-state index contributed by atoms with van der Waals surface area (Å²) in [4.78, 5) is 20.4. The highest BCUT2D eigenvalue weighted by molar-refractivity contribution is 8.00. The minimum Gasteiger partial charge on any atom is -0.376 e. The van der Waals surface area contributed by atoms with E-state index in [1.807, 2.05) is 0 Å². The molecule has 1 aromatic carbocycles. The molecule has 1 aliphatic heterocycles. The van der Waals surface area contributed by atoms with Crippen molar-refractivity contribution in [1.29, 1.82) is 5.26 Å². The van der Waals surface area contributed by atoms with Gasteiger partial charge in [-0.2, -0.15) is 5.26 Å². The summed E-state index contributed by atoms with van der Waals surface area (Å²) in [6.07, 6.45) is 3.41. The third kappa shape index (κ3) is 4.72. The van der Waals surface area contributed by atoms with Crippen LogP contribution in [0.2, 0.25) is 0 Å². The van der Waals surface area contributed by atoms with E-state index in [-0.39, 0.29) is 16.9 Å². The number of nitriles is 1. The van der Waals surface area contributed by atoms with E-state index in [0.717, 1.165) is 52.1 Å². The van der Waals surface area contributed by atoms with Crippen molar-refractivity contribution in [2.24, 2.45) is 0 Å². The van der Waals surface area contributed by atoms with Crippen LogP contribution in [-0.4, -0.2) is 27.5 Å². The zero-order valence-electron chi connectivity index (χ0n) is 18.2. The average molecular weight is 454 g/mol. The van der Waals surface area contributed by atoms with Crippen molar-refractivity contribution in [3.05, 3.63) is 56.2 Å². The number of ether oxygens (including phenoxy) is 1. The van der Waals surface area contributed by atoms with Crippen molar-refractivity contribution in [1.82, 2.24) is 9.55 Å². The van der Waals surface area contributed by atoms with Crippen molar-refractivity contribution in [3.63, 3.8) is 0 Å². The van der Waals surface area contributed by atoms with E-state index in [1.165, 1.54) is 17.3 Å². The van der Waals surface area contributed by atoms with Crippen LogP contribution >= 0.6 is 23.1 Å². The lowest BCUT2D eigenvalue weighted by Crippen LogP contribution is -2.29. The molecule has 0 radical (unpaired) electrons. The molecule has 0 bridgehead atoms. The number of thioether (sulfide) groups is 1. The molecule has 0 spiro atoms. The van der Waals surface area contributed by atoms with Gasteiger partial charge in [0.15, 0.2) is 5.16 Å². The molecule has 0 saturated carbocycles. The summed E-state index contributed by atoms with van der Waals surface area (Å²) >= 11 is 2.96. The maximum absolute atomic E-state index is 13.6. The number of hydrogen-bond acceptors (Lipinski definition) is 6. The molecule has 3 aromatic rings. The molecule has 0 N–H and O–H groups in total. The molecular formula is C24H27N3O2S2. The number of rotatable bonds is 7. The van der Waals surface area contributed by atoms with Crippen molar-refractivity contribution < 1.29 is 4.74 Å². The molecule has 3 heterocycles. The maximum atomic E-state index is 13.6. The summed E-state index contributed by atoms with van der Waals surface area (Å²) < 4.78 is 7.58. The number of aromatic nitrogens is 2. The zero-order chi connectivity index (χ0) is 22.0. The van der Waals surface area contributed by atoms with Gasteiger partial charge in [0.1, 0.15) is 10.1 Å². The first-order valence-electron chi connectivity index (χ1n) is 10.8. The van der Waals surface area contributed by atoms with Gasteiger partial charge in [0.25, 0.3) is 5.56 Å². The molecule has 4 rings (SSSR count). The minimum atomic E-state index is -0.325. The van der Waals surface area contributed by atoms with Crippen molar-refractivity contribution >= 4 is 33.3 Å². The van der Waals surface area contributed by atoms with Crippen LogP contribution < -0.4 is 5.56 Å². The molecule has 2 unspecified atom stereocenters. The average Bonchev–Trinajstić information content (AvgIpc) is 3.38. The van der Waals surface area contributed by atoms with Crippen LogP contribution in [0.5, 0.6) is 0 Å². The quantitative estimate of drug-likeness (QED) is 0.370. The third-order valence-corrected chi connectivity index (χ3v) is 7.90. The zero-order valence-corrected chi connectivity index (χ0v) is 19.8. The maximum Gasteiger partial charge on any atom is 0.263 e. The molecule has 5 nitrogen and oxygen atoms in total. The number of hydrogen-bond donors (Lipinski definition) is 0. The first kappa shape index (κ1) is 22.1. The Labute approximate surface area is 191 Å². The summed E-state index contributed by atoms with van der Waals surface area (Å²) in [5.74, 6) is 0. The lowest BCUT2D eigenvalue weighted by atomic mass is 10.1. The molecule has 2 aromatic heterocycles. The van der Waals surface area contributed by atoms with Crippen LogP contribution in [0.15, 0.2) is 34.2 Å². The summed E-state index contributed by atoms with van der Waals surface area (Å²) in [6.45, 7) is 7.41. The Morgan fingerprint density at radius 3 is 2.77 bits per heavy atom. The van der Waals surface area contributed by atoms with E-state index in [1.54, 1.807) is 15.9 Å². The fourth-order valence-corrected chi connectivity index (χ4v) is 6.25. The topological polar surface area (TPSA) is 67.9 Å². The van der Waals surface area contributed by atoms with Gasteiger partial charge in [0.2, 0.25) is 0 Å². The molecule has 1 fully saturated rings. The van der Waals surface area contributed by atoms with Crippen molar-refractivity contribution in [3.8, 4) is 6.07 Å². The Morgan fingerprint density at radius 2 is 2.13 bits per heavy atom. The van der Waals surface area contributed by atoms with Gasteiger partial charge in [-0.05, 0) is 50.7 Å². The van der Waals surface area contributed by atoms with Gasteiger partial charge in [0, 0.05) is 11.5 Å². The van der Waals surface area contributed by atoms with Crippen LogP contribution in [0.4, 0.5) is 0 Å². The predicted octanol–water partition coefficient (Wildman–Crippen LogP) is 5.04. The Hall–Kier alpha value is -2.14. The standard InChI is InChI=1S/C24H27N3O2S2/c1-4-20-16(3)30-22-21(20)23(28)27(14-18-6-5-11-29-18)24(26-22)31-19(13-25)12-17-9-7-15(2)8-10-17/h7-10,18-19H,4-6,11-12,14H2,1-3H3. The second-order valence-electron chi connectivity index (χ2n) is 8.04. The first-order valence-corrected chi connectivity index (χ1v) is 12.5. The second kappa shape index (κ2) is 9.56. The van der Waals surface area contributed by atoms with Gasteiger partial charge < -0.3 is 4.74 Å². The molecule has 0 aliphatic carbocycles. The van der Waals surface area contributed by atoms with Crippen LogP contribution in [0.1, 0.15) is 41.3 Å². The molecule has 7 heteroatoms. The Kier molecular flexibility index (Phi) is 6.80. The monoisotopic (exact) mass is 453 g/mol. The van der Waals surface area contributed by atoms with Gasteiger partial charge >= 0.3 is 0 Å². The number of aryl methyl sites for hydroxylation is 3. The largest absolute Gasteiger partial charge is 0.376 e. The first-order chi connectivity index (χ1) is 15.0. The minimum absolute atomic E-state index is 0.00349. The van der Waals surface area contributed by atoms with E-state index >= 15 is 0 Å². The van der Waals surface area contributed by atoms with Gasteiger partial charge in [-0.1, -0.05) is 48.5 Å². The molecule has 162 valence electrons. The lowest BCUT2D eigenvalue weighted by molar-refractivity contribution is 0.0937. The predicted molar refractivity (Wildman–Crippen MR) is 127 cm³/mol. The molecule has 0 amide bonds. The second-order valence-corrected chi connectivity index (χ2v) is 10.4. The summed E-state index contributed by atoms with van der Waals surface area (Å²) in [5.41, 5.74) is 3.39. The van der Waals surface area contributed by atoms with Gasteiger partial charge in [-0.25, -0.2) is 4.98 Å². The van der Waals surface area contributed by atoms with Gasteiger partial charge in [-0.3, -0.25) is 9.36 Å². The number of fused-ring (bicyclic) bond motifs is 1. The van der Waals surface area contributed by atoms with E-state index in [2.05, 4.69) is 51.1 Å². The third-order valence-electron chi connectivity index (χ3n) is 5.77. The van der Waals surface area contributed by atoms with Crippen LogP contribution in [0.25, 0.3) is 10.2 Å². The van der Waals surface area contributed by atoms with Crippen LogP contribution in [0.3, 0.4) is 0 Å². The summed E-state index contributed by atoms with van der Waals surface area (Å²) in [5, 5.41) is 10.9. The van der Waals surface area contributed by atoms with Crippen LogP contribution in [-0.2, 0) is 24.1 Å². The van der Waals surface area contributed by atoms with Crippen LogP contribution in [0, 0.1) is 25.2 Å². The molecule has 2 atom stereocenters. The Morgan fingerprint density at radius 1 is 1.35 bits per heavy atom. The number of nitrogens with zero attached hydrogens (tertiary/aromatic N) is 3. The lowest BCUT2D eigenvalue weighted by Gasteiger charge is -2.17. The molecular weight excluding hydrogens is 426 g/mol. The van der Waals surface area contributed by atoms with E-state index in [4.69, 9.17) is 9.72 Å². The highest BCUT2D eigenvalue weighted by atomic mass is 32.2. The van der Waals surface area contributed by atoms with Gasteiger partial charge in [-0.15, -0.1) is 11.3 Å². The smallest absolute Gasteiger partial charge is 0.263 e. The molecule has 31 heavy (non-hydrogen) atoms. The normalized spacial score (nSPS) is 17.2. The highest BCUT2D eigenvalue weighted by Crippen LogP contribution is 2.32. The number of benzene rings is 1. The molecule has 1 saturated heterocycles. The van der Waals surface area contributed by atoms with Crippen molar-refractivity contribution in [2.45, 2.75) is 69.5 Å². The summed E-state index contributed by atoms with van der Waals surface area (Å²) in [6, 6.07) is 10.7. The SMILES string of the molecule is CCc1c(C)sc2nc(SC(C#N)Cc3ccc(C)cc3)n(CC3CCCO3)c(=O)c12. The summed E-state index contributed by atoms with van der Waals surface area (Å²) in [7, 11) is 0. The van der Waals surface area contributed by atoms with E-state index in [9.17, 15) is 10.1 Å². The van der Waals surface area contributed by atoms with Gasteiger partial charge in [0.05, 0.1) is 24.1 Å². The van der Waals surface area contributed by atoms with E-state index in [0.29, 0.717) is 18.1 Å². The van der Waals surface area contributed by atoms with Crippen molar-refractivity contribution in [2.75, 3.05) is 6.61 Å². The highest BCUT2D eigenvalue weighted by Gasteiger charge is 2.24. The Bertz CT molecular complexity index is 1170.